The van der Waals surface area contributed by atoms with E-state index in [4.69, 9.17) is 21.2 Å². The van der Waals surface area contributed by atoms with Gasteiger partial charge < -0.3 is 4.74 Å². The number of hydrogen-bond donors (Lipinski definition) is 1. The normalized spacial score (nSPS) is 22.1. The van der Waals surface area contributed by atoms with Crippen LogP contribution in [0.2, 0.25) is 0 Å². The average Bonchev–Trinajstić information content (AvgIpc) is 3.43. The lowest BCUT2D eigenvalue weighted by Crippen LogP contribution is -2.61. The van der Waals surface area contributed by atoms with Gasteiger partial charge in [-0.05, 0) is 37.0 Å². The van der Waals surface area contributed by atoms with Gasteiger partial charge in [-0.25, -0.2) is 27.2 Å². The van der Waals surface area contributed by atoms with Crippen molar-refractivity contribution in [3.63, 3.8) is 0 Å². The molecule has 37 heavy (non-hydrogen) atoms. The molecular formula is C23H30ClN3O7S3. The number of amides is 1. The van der Waals surface area contributed by atoms with Gasteiger partial charge in [-0.1, -0.05) is 30.3 Å². The highest BCUT2D eigenvalue weighted by Crippen LogP contribution is 2.33. The first-order valence-electron chi connectivity index (χ1n) is 12.0. The number of ether oxygens (including phenoxy) is 1. The van der Waals surface area contributed by atoms with E-state index < -0.39 is 38.3 Å². The summed E-state index contributed by atoms with van der Waals surface area (Å²) in [5.41, 5.74) is 3.19. The van der Waals surface area contributed by atoms with Crippen molar-refractivity contribution in [2.75, 3.05) is 37.9 Å². The Hall–Kier alpha value is -1.58. The lowest BCUT2D eigenvalue weighted by molar-refractivity contribution is -0.202. The summed E-state index contributed by atoms with van der Waals surface area (Å²) < 4.78 is 60.8. The molecule has 2 aliphatic rings. The summed E-state index contributed by atoms with van der Waals surface area (Å²) in [6.45, 7) is -0.0865. The van der Waals surface area contributed by atoms with Gasteiger partial charge in [0.25, 0.3) is 15.9 Å². The number of piperazine rings is 1. The molecule has 3 heterocycles. The second-order valence-electron chi connectivity index (χ2n) is 8.71. The maximum atomic E-state index is 13.7. The Morgan fingerprint density at radius 1 is 1.11 bits per heavy atom. The third kappa shape index (κ3) is 6.90. The minimum absolute atomic E-state index is 0.0686. The third-order valence-electron chi connectivity index (χ3n) is 6.16. The molecule has 1 amide bonds. The fourth-order valence-electron chi connectivity index (χ4n) is 4.19. The molecule has 2 aliphatic heterocycles. The SMILES string of the molecule is O=C(NOC1CCCCO1)[C@H]1CN(S(=O)(=O)CCCCl)CCN1S(=O)(=O)c1ccc(-c2ccccc2)s1. The summed E-state index contributed by atoms with van der Waals surface area (Å²) in [6, 6.07) is 11.3. The molecule has 2 fully saturated rings. The number of rotatable bonds is 10. The average molecular weight is 592 g/mol. The van der Waals surface area contributed by atoms with Crippen molar-refractivity contribution in [1.29, 1.82) is 0 Å². The van der Waals surface area contributed by atoms with Gasteiger partial charge in [-0.2, -0.15) is 8.61 Å². The summed E-state index contributed by atoms with van der Waals surface area (Å²) in [5.74, 6) is -0.765. The standard InChI is InChI=1S/C23H30ClN3O7S3/c24-12-6-16-36(29,30)26-13-14-27(19(17-26)23(28)25-34-21-9-4-5-15-33-21)37(31,32)22-11-10-20(35-22)18-7-2-1-3-8-18/h1-3,7-8,10-11,19,21H,4-6,9,12-17H2,(H,25,28)/t19-,21?/m1/s1. The van der Waals surface area contributed by atoms with E-state index >= 15 is 0 Å². The summed E-state index contributed by atoms with van der Waals surface area (Å²) in [7, 11) is -7.84. The Morgan fingerprint density at radius 3 is 2.59 bits per heavy atom. The van der Waals surface area contributed by atoms with E-state index in [-0.39, 0.29) is 41.9 Å². The number of thiophene rings is 1. The summed E-state index contributed by atoms with van der Waals surface area (Å²) >= 11 is 6.77. The van der Waals surface area contributed by atoms with Gasteiger partial charge in [0.1, 0.15) is 10.3 Å². The maximum absolute atomic E-state index is 13.7. The highest BCUT2D eigenvalue weighted by Gasteiger charge is 2.43. The molecule has 0 saturated carbocycles. The zero-order valence-electron chi connectivity index (χ0n) is 20.1. The molecule has 2 atom stereocenters. The fourth-order valence-corrected chi connectivity index (χ4v) is 8.99. The number of benzene rings is 1. The van der Waals surface area contributed by atoms with Crippen LogP contribution in [0.25, 0.3) is 10.4 Å². The molecule has 204 valence electrons. The van der Waals surface area contributed by atoms with Gasteiger partial charge in [0.05, 0.1) is 5.75 Å². The maximum Gasteiger partial charge on any atom is 0.263 e. The van der Waals surface area contributed by atoms with Crippen molar-refractivity contribution in [3.8, 4) is 10.4 Å². The second-order valence-corrected chi connectivity index (χ2v) is 14.4. The molecule has 1 N–H and O–H groups in total. The molecule has 14 heteroatoms. The number of carbonyl (C=O) groups is 1. The van der Waals surface area contributed by atoms with Crippen molar-refractivity contribution in [2.45, 2.75) is 42.2 Å². The van der Waals surface area contributed by atoms with Crippen molar-refractivity contribution >= 4 is 48.9 Å². The van der Waals surface area contributed by atoms with Crippen LogP contribution in [0.3, 0.4) is 0 Å². The number of nitrogens with one attached hydrogen (secondary N) is 1. The zero-order chi connectivity index (χ0) is 26.5. The number of nitrogens with zero attached hydrogens (tertiary/aromatic N) is 2. The molecule has 0 radical (unpaired) electrons. The van der Waals surface area contributed by atoms with Gasteiger partial charge >= 0.3 is 0 Å². The molecule has 0 bridgehead atoms. The first-order valence-corrected chi connectivity index (χ1v) is 16.4. The number of hydroxylamine groups is 1. The molecule has 4 rings (SSSR count). The van der Waals surface area contributed by atoms with Crippen molar-refractivity contribution in [1.82, 2.24) is 14.1 Å². The topological polar surface area (TPSA) is 122 Å². The van der Waals surface area contributed by atoms with E-state index in [0.717, 1.165) is 43.2 Å². The Balaban J connectivity index is 1.57. The van der Waals surface area contributed by atoms with Crippen LogP contribution in [0.5, 0.6) is 0 Å². The number of alkyl halides is 1. The van der Waals surface area contributed by atoms with Crippen molar-refractivity contribution < 1.29 is 31.2 Å². The van der Waals surface area contributed by atoms with E-state index in [1.54, 1.807) is 6.07 Å². The molecule has 1 aromatic heterocycles. The van der Waals surface area contributed by atoms with Gasteiger partial charge in [0.2, 0.25) is 10.0 Å². The van der Waals surface area contributed by atoms with Gasteiger partial charge in [-0.3, -0.25) is 4.79 Å². The van der Waals surface area contributed by atoms with Gasteiger partial charge in [0.15, 0.2) is 6.29 Å². The largest absolute Gasteiger partial charge is 0.350 e. The van der Waals surface area contributed by atoms with Crippen LogP contribution < -0.4 is 5.48 Å². The lowest BCUT2D eigenvalue weighted by Gasteiger charge is -2.38. The summed E-state index contributed by atoms with van der Waals surface area (Å²) in [6.07, 6.45) is 1.96. The van der Waals surface area contributed by atoms with Gasteiger partial charge in [-0.15, -0.1) is 22.9 Å². The molecule has 2 saturated heterocycles. The van der Waals surface area contributed by atoms with Crippen molar-refractivity contribution in [2.24, 2.45) is 0 Å². The van der Waals surface area contributed by atoms with Crippen LogP contribution >= 0.6 is 22.9 Å². The third-order valence-corrected chi connectivity index (χ3v) is 11.9. The molecule has 1 aromatic carbocycles. The Kier molecular flexibility index (Phi) is 9.62. The number of carbonyl (C=O) groups excluding carboxylic acids is 1. The lowest BCUT2D eigenvalue weighted by atomic mass is 10.2. The fraction of sp³-hybridized carbons (Fsp3) is 0.522. The first-order chi connectivity index (χ1) is 17.7. The van der Waals surface area contributed by atoms with Crippen molar-refractivity contribution in [3.05, 3.63) is 42.5 Å². The number of halogens is 1. The number of hydrogen-bond acceptors (Lipinski definition) is 8. The minimum atomic E-state index is -4.11. The van der Waals surface area contributed by atoms with Crippen LogP contribution in [0.4, 0.5) is 0 Å². The van der Waals surface area contributed by atoms with Crippen LogP contribution in [0.15, 0.2) is 46.7 Å². The predicted octanol–water partition coefficient (Wildman–Crippen LogP) is 2.62. The minimum Gasteiger partial charge on any atom is -0.350 e. The monoisotopic (exact) mass is 591 g/mol. The van der Waals surface area contributed by atoms with Crippen LogP contribution in [-0.2, 0) is 34.4 Å². The van der Waals surface area contributed by atoms with E-state index in [1.807, 2.05) is 30.3 Å². The van der Waals surface area contributed by atoms with E-state index in [9.17, 15) is 21.6 Å². The Bertz CT molecular complexity index is 1270. The highest BCUT2D eigenvalue weighted by atomic mass is 35.5. The molecule has 2 aromatic rings. The van der Waals surface area contributed by atoms with Crippen LogP contribution in [-0.4, -0.2) is 81.6 Å². The highest BCUT2D eigenvalue weighted by molar-refractivity contribution is 7.91. The predicted molar refractivity (Wildman–Crippen MR) is 141 cm³/mol. The Morgan fingerprint density at radius 2 is 1.89 bits per heavy atom. The van der Waals surface area contributed by atoms with Crippen LogP contribution in [0, 0.1) is 0 Å². The molecule has 0 spiro atoms. The molecule has 1 unspecified atom stereocenters. The van der Waals surface area contributed by atoms with E-state index in [1.165, 1.54) is 6.07 Å². The number of sulfonamides is 2. The molecule has 0 aliphatic carbocycles. The zero-order valence-corrected chi connectivity index (χ0v) is 23.3. The van der Waals surface area contributed by atoms with E-state index in [2.05, 4.69) is 5.48 Å². The summed E-state index contributed by atoms with van der Waals surface area (Å²) in [4.78, 5) is 19.4. The summed E-state index contributed by atoms with van der Waals surface area (Å²) in [5, 5.41) is 0. The van der Waals surface area contributed by atoms with Gasteiger partial charge in [0, 0.05) is 43.4 Å². The molecular weight excluding hydrogens is 562 g/mol. The van der Waals surface area contributed by atoms with Crippen LogP contribution in [0.1, 0.15) is 25.7 Å². The Labute approximate surface area is 226 Å². The van der Waals surface area contributed by atoms with E-state index in [0.29, 0.717) is 13.0 Å². The molecule has 10 nitrogen and oxygen atoms in total. The smallest absolute Gasteiger partial charge is 0.263 e. The first kappa shape index (κ1) is 28.4. The second kappa shape index (κ2) is 12.5. The quantitative estimate of drug-likeness (QED) is 0.333.